The molecule has 0 nitrogen and oxygen atoms in total. The molecule has 0 aliphatic heterocycles. The van der Waals surface area contributed by atoms with Crippen molar-refractivity contribution in [1.29, 1.82) is 0 Å². The van der Waals surface area contributed by atoms with Gasteiger partial charge in [-0.25, -0.2) is 0 Å². The molecule has 0 spiro atoms. The first-order valence-electron chi connectivity index (χ1n) is 6.27. The molecular weight excluding hydrogens is 307 g/mol. The number of benzene rings is 1. The predicted octanol–water partition coefficient (Wildman–Crippen LogP) is 5.00. The van der Waals surface area contributed by atoms with Crippen molar-refractivity contribution in [1.82, 2.24) is 0 Å². The fraction of sp³-hybridized carbons (Fsp3) is 0.467. The highest BCUT2D eigenvalue weighted by Crippen LogP contribution is 2.47. The van der Waals surface area contributed by atoms with E-state index in [-0.39, 0.29) is 0 Å². The zero-order valence-electron chi connectivity index (χ0n) is 9.40. The Bertz CT molecular complexity index is 408. The molecule has 0 amide bonds. The summed E-state index contributed by atoms with van der Waals surface area (Å²) >= 11 is 2.67. The van der Waals surface area contributed by atoms with E-state index < -0.39 is 0 Å². The molecule has 3 atom stereocenters. The lowest BCUT2D eigenvalue weighted by molar-refractivity contribution is 0.286. The Kier molecular flexibility index (Phi) is 3.05. The lowest BCUT2D eigenvalue weighted by Gasteiger charge is -2.32. The highest BCUT2D eigenvalue weighted by atomic mass is 127. The second-order valence-electron chi connectivity index (χ2n) is 5.00. The minimum atomic E-state index is 0.703. The quantitative estimate of drug-likeness (QED) is 0.465. The average Bonchev–Trinajstić information content (AvgIpc) is 2.49. The minimum Gasteiger partial charge on any atom is -0.0805 e. The molecule has 1 aromatic rings. The number of halogens is 1. The van der Waals surface area contributed by atoms with E-state index in [1.807, 2.05) is 0 Å². The summed E-state index contributed by atoms with van der Waals surface area (Å²) in [6.07, 6.45) is 10.5. The SMILES string of the molecule is IC1c2ccccc2C=CC2CCCCC21. The lowest BCUT2D eigenvalue weighted by Crippen LogP contribution is -2.20. The zero-order valence-corrected chi connectivity index (χ0v) is 11.6. The van der Waals surface area contributed by atoms with Gasteiger partial charge in [0.25, 0.3) is 0 Å². The predicted molar refractivity (Wildman–Crippen MR) is 77.7 cm³/mol. The largest absolute Gasteiger partial charge is 0.0805 e. The van der Waals surface area contributed by atoms with Crippen LogP contribution in [-0.4, -0.2) is 0 Å². The van der Waals surface area contributed by atoms with Crippen LogP contribution >= 0.6 is 22.6 Å². The maximum Gasteiger partial charge on any atom is 0.0399 e. The third-order valence-corrected chi connectivity index (χ3v) is 5.66. The molecule has 0 N–H and O–H groups in total. The van der Waals surface area contributed by atoms with Crippen LogP contribution in [-0.2, 0) is 0 Å². The number of rotatable bonds is 0. The van der Waals surface area contributed by atoms with Crippen molar-refractivity contribution in [2.75, 3.05) is 0 Å². The van der Waals surface area contributed by atoms with E-state index in [0.29, 0.717) is 3.92 Å². The van der Waals surface area contributed by atoms with E-state index in [1.165, 1.54) is 31.2 Å². The highest BCUT2D eigenvalue weighted by molar-refractivity contribution is 14.1. The average molecular weight is 324 g/mol. The van der Waals surface area contributed by atoms with E-state index in [4.69, 9.17) is 0 Å². The number of hydrogen-bond acceptors (Lipinski definition) is 0. The van der Waals surface area contributed by atoms with Crippen LogP contribution < -0.4 is 0 Å². The Hall–Kier alpha value is -0.310. The van der Waals surface area contributed by atoms with Crippen LogP contribution in [0.25, 0.3) is 6.08 Å². The van der Waals surface area contributed by atoms with E-state index >= 15 is 0 Å². The molecule has 1 saturated carbocycles. The van der Waals surface area contributed by atoms with Crippen molar-refractivity contribution >= 4 is 28.7 Å². The van der Waals surface area contributed by atoms with E-state index in [9.17, 15) is 0 Å². The maximum atomic E-state index is 2.67. The second-order valence-corrected chi connectivity index (χ2v) is 6.34. The number of fused-ring (bicyclic) bond motifs is 2. The third-order valence-electron chi connectivity index (χ3n) is 4.07. The van der Waals surface area contributed by atoms with Crippen LogP contribution in [0.15, 0.2) is 30.3 Å². The molecule has 16 heavy (non-hydrogen) atoms. The monoisotopic (exact) mass is 324 g/mol. The molecule has 0 aromatic heterocycles. The second kappa shape index (κ2) is 4.52. The molecule has 84 valence electrons. The third kappa shape index (κ3) is 1.83. The molecule has 2 aliphatic rings. The fourth-order valence-electron chi connectivity index (χ4n) is 3.16. The van der Waals surface area contributed by atoms with Crippen LogP contribution in [0, 0.1) is 11.8 Å². The number of hydrogen-bond donors (Lipinski definition) is 0. The first kappa shape index (κ1) is 10.8. The first-order chi connectivity index (χ1) is 7.86. The Balaban J connectivity index is 2.03. The maximum absolute atomic E-state index is 2.67. The van der Waals surface area contributed by atoms with Gasteiger partial charge in [0.1, 0.15) is 0 Å². The Morgan fingerprint density at radius 2 is 1.88 bits per heavy atom. The molecular formula is C15H17I. The summed E-state index contributed by atoms with van der Waals surface area (Å²) in [5.74, 6) is 1.69. The van der Waals surface area contributed by atoms with E-state index in [0.717, 1.165) is 11.8 Å². The van der Waals surface area contributed by atoms with Gasteiger partial charge in [0.2, 0.25) is 0 Å². The van der Waals surface area contributed by atoms with E-state index in [2.05, 4.69) is 59.0 Å². The van der Waals surface area contributed by atoms with Crippen LogP contribution in [0.2, 0.25) is 0 Å². The Morgan fingerprint density at radius 3 is 2.81 bits per heavy atom. The summed E-state index contributed by atoms with van der Waals surface area (Å²) in [4.78, 5) is 0. The minimum absolute atomic E-state index is 0.703. The summed E-state index contributed by atoms with van der Waals surface area (Å²) in [6.45, 7) is 0. The molecule has 0 bridgehead atoms. The Morgan fingerprint density at radius 1 is 1.06 bits per heavy atom. The van der Waals surface area contributed by atoms with Gasteiger partial charge >= 0.3 is 0 Å². The van der Waals surface area contributed by atoms with Crippen LogP contribution in [0.4, 0.5) is 0 Å². The van der Waals surface area contributed by atoms with Gasteiger partial charge in [-0.3, -0.25) is 0 Å². The summed E-state index contributed by atoms with van der Waals surface area (Å²) in [7, 11) is 0. The van der Waals surface area contributed by atoms with Gasteiger partial charge in [0.15, 0.2) is 0 Å². The zero-order chi connectivity index (χ0) is 11.0. The Labute approximate surface area is 111 Å². The van der Waals surface area contributed by atoms with Crippen LogP contribution in [0.5, 0.6) is 0 Å². The van der Waals surface area contributed by atoms with Gasteiger partial charge < -0.3 is 0 Å². The van der Waals surface area contributed by atoms with Gasteiger partial charge in [-0.2, -0.15) is 0 Å². The molecule has 1 heteroatoms. The van der Waals surface area contributed by atoms with Gasteiger partial charge in [0, 0.05) is 3.92 Å². The van der Waals surface area contributed by atoms with Crippen molar-refractivity contribution in [2.24, 2.45) is 11.8 Å². The van der Waals surface area contributed by atoms with Gasteiger partial charge in [-0.05, 0) is 35.8 Å². The molecule has 1 aromatic carbocycles. The fourth-order valence-corrected chi connectivity index (χ4v) is 4.62. The lowest BCUT2D eigenvalue weighted by atomic mass is 9.77. The number of allylic oxidation sites excluding steroid dienone is 1. The molecule has 0 saturated heterocycles. The summed E-state index contributed by atoms with van der Waals surface area (Å²) in [6, 6.07) is 8.91. The summed E-state index contributed by atoms with van der Waals surface area (Å²) in [5, 5.41) is 0. The molecule has 3 unspecified atom stereocenters. The van der Waals surface area contributed by atoms with Crippen LogP contribution in [0.1, 0.15) is 40.7 Å². The van der Waals surface area contributed by atoms with Crippen molar-refractivity contribution in [3.05, 3.63) is 41.5 Å². The smallest absolute Gasteiger partial charge is 0.0399 e. The van der Waals surface area contributed by atoms with Crippen LogP contribution in [0.3, 0.4) is 0 Å². The van der Waals surface area contributed by atoms with Crippen molar-refractivity contribution in [3.8, 4) is 0 Å². The first-order valence-corrected chi connectivity index (χ1v) is 7.52. The molecule has 3 rings (SSSR count). The van der Waals surface area contributed by atoms with Gasteiger partial charge in [-0.15, -0.1) is 0 Å². The molecule has 0 radical (unpaired) electrons. The summed E-state index contributed by atoms with van der Waals surface area (Å²) < 4.78 is 0.703. The molecule has 2 aliphatic carbocycles. The summed E-state index contributed by atoms with van der Waals surface area (Å²) in [5.41, 5.74) is 2.99. The van der Waals surface area contributed by atoms with Crippen molar-refractivity contribution in [2.45, 2.75) is 29.6 Å². The molecule has 1 fully saturated rings. The topological polar surface area (TPSA) is 0 Å². The van der Waals surface area contributed by atoms with Crippen molar-refractivity contribution in [3.63, 3.8) is 0 Å². The van der Waals surface area contributed by atoms with Gasteiger partial charge in [-0.1, -0.05) is 71.9 Å². The highest BCUT2D eigenvalue weighted by Gasteiger charge is 2.32. The van der Waals surface area contributed by atoms with Gasteiger partial charge in [0.05, 0.1) is 0 Å². The van der Waals surface area contributed by atoms with E-state index in [1.54, 1.807) is 5.56 Å². The standard InChI is InChI=1S/C15H17I/c16-15-13-7-3-1-5-11(13)9-10-12-6-2-4-8-14(12)15/h1,3,5,7,9-10,12,14-15H,2,4,6,8H2. The normalized spacial score (nSPS) is 32.7. The van der Waals surface area contributed by atoms with Crippen molar-refractivity contribution < 1.29 is 0 Å². The molecule has 0 heterocycles. The number of alkyl halides is 1.